The van der Waals surface area contributed by atoms with Gasteiger partial charge in [-0.2, -0.15) is 0 Å². The number of para-hydroxylation sites is 1. The second-order valence-electron chi connectivity index (χ2n) is 7.01. The van der Waals surface area contributed by atoms with E-state index in [1.807, 2.05) is 24.3 Å². The van der Waals surface area contributed by atoms with Gasteiger partial charge in [0.05, 0.1) is 7.11 Å². The third-order valence-electron chi connectivity index (χ3n) is 5.64. The predicted molar refractivity (Wildman–Crippen MR) is 87.9 cm³/mol. The van der Waals surface area contributed by atoms with Gasteiger partial charge >= 0.3 is 0 Å². The summed E-state index contributed by atoms with van der Waals surface area (Å²) >= 11 is 0. The minimum Gasteiger partial charge on any atom is -0.496 e. The normalized spacial score (nSPS) is 27.6. The second-order valence-corrected chi connectivity index (χ2v) is 7.01. The molecule has 0 spiro atoms. The van der Waals surface area contributed by atoms with Gasteiger partial charge in [-0.25, -0.2) is 0 Å². The molecule has 2 saturated carbocycles. The summed E-state index contributed by atoms with van der Waals surface area (Å²) in [6, 6.07) is 8.25. The standard InChI is InChI=1S/C19H27NO2/c1-13(17-12-14-7-8-16(17)11-14)20-19(21)10-9-15-5-3-4-6-18(15)22-2/h3-6,13-14,16-17H,7-12H2,1-2H3,(H,20,21). The molecule has 4 atom stereocenters. The molecule has 2 fully saturated rings. The molecule has 0 aromatic heterocycles. The molecule has 0 heterocycles. The van der Waals surface area contributed by atoms with Crippen molar-refractivity contribution in [3.63, 3.8) is 0 Å². The van der Waals surface area contributed by atoms with E-state index in [-0.39, 0.29) is 5.91 Å². The minimum atomic E-state index is 0.168. The largest absolute Gasteiger partial charge is 0.496 e. The van der Waals surface area contributed by atoms with Crippen molar-refractivity contribution < 1.29 is 9.53 Å². The summed E-state index contributed by atoms with van der Waals surface area (Å²) < 4.78 is 5.34. The summed E-state index contributed by atoms with van der Waals surface area (Å²) in [6.45, 7) is 2.19. The number of nitrogens with one attached hydrogen (secondary N) is 1. The van der Waals surface area contributed by atoms with Crippen LogP contribution in [0.1, 0.15) is 44.6 Å². The van der Waals surface area contributed by atoms with E-state index in [0.717, 1.165) is 29.6 Å². The van der Waals surface area contributed by atoms with Gasteiger partial charge in [0.1, 0.15) is 5.75 Å². The Bertz CT molecular complexity index is 528. The third-order valence-corrected chi connectivity index (χ3v) is 5.64. The molecular weight excluding hydrogens is 274 g/mol. The van der Waals surface area contributed by atoms with Crippen molar-refractivity contribution >= 4 is 5.91 Å². The predicted octanol–water partition coefficient (Wildman–Crippen LogP) is 3.57. The van der Waals surface area contributed by atoms with Gasteiger partial charge in [0.25, 0.3) is 0 Å². The molecule has 4 unspecified atom stereocenters. The topological polar surface area (TPSA) is 38.3 Å². The first-order valence-corrected chi connectivity index (χ1v) is 8.58. The van der Waals surface area contributed by atoms with Crippen LogP contribution in [0.5, 0.6) is 5.75 Å². The molecule has 1 aromatic carbocycles. The summed E-state index contributed by atoms with van der Waals surface area (Å²) in [4.78, 5) is 12.2. The van der Waals surface area contributed by atoms with Crippen molar-refractivity contribution in [3.05, 3.63) is 29.8 Å². The molecule has 0 aliphatic heterocycles. The van der Waals surface area contributed by atoms with E-state index < -0.39 is 0 Å². The van der Waals surface area contributed by atoms with E-state index in [9.17, 15) is 4.79 Å². The summed E-state index contributed by atoms with van der Waals surface area (Å²) in [5.41, 5.74) is 1.10. The van der Waals surface area contributed by atoms with Crippen molar-refractivity contribution in [3.8, 4) is 5.75 Å². The van der Waals surface area contributed by atoms with Gasteiger partial charge < -0.3 is 10.1 Å². The maximum atomic E-state index is 12.2. The van der Waals surface area contributed by atoms with E-state index in [2.05, 4.69) is 12.2 Å². The van der Waals surface area contributed by atoms with Crippen LogP contribution in [0.2, 0.25) is 0 Å². The highest BCUT2D eigenvalue weighted by atomic mass is 16.5. The fraction of sp³-hybridized carbons (Fsp3) is 0.632. The Labute approximate surface area is 133 Å². The van der Waals surface area contributed by atoms with Crippen molar-refractivity contribution in [2.75, 3.05) is 7.11 Å². The van der Waals surface area contributed by atoms with Gasteiger partial charge in [-0.05, 0) is 62.0 Å². The summed E-state index contributed by atoms with van der Waals surface area (Å²) in [5, 5.41) is 3.23. The van der Waals surface area contributed by atoms with Crippen LogP contribution in [0.3, 0.4) is 0 Å². The lowest BCUT2D eigenvalue weighted by molar-refractivity contribution is -0.122. The Morgan fingerprint density at radius 1 is 1.32 bits per heavy atom. The zero-order chi connectivity index (χ0) is 15.5. The highest BCUT2D eigenvalue weighted by Crippen LogP contribution is 2.49. The lowest BCUT2D eigenvalue weighted by Crippen LogP contribution is -2.40. The number of methoxy groups -OCH3 is 1. The van der Waals surface area contributed by atoms with Crippen LogP contribution in [0.15, 0.2) is 24.3 Å². The first kappa shape index (κ1) is 15.4. The van der Waals surface area contributed by atoms with Crippen molar-refractivity contribution in [1.82, 2.24) is 5.32 Å². The molecule has 0 saturated heterocycles. The fourth-order valence-corrected chi connectivity index (χ4v) is 4.50. The van der Waals surface area contributed by atoms with Crippen LogP contribution in [0, 0.1) is 17.8 Å². The zero-order valence-corrected chi connectivity index (χ0v) is 13.7. The average molecular weight is 301 g/mol. The first-order valence-electron chi connectivity index (χ1n) is 8.58. The second kappa shape index (κ2) is 6.72. The smallest absolute Gasteiger partial charge is 0.220 e. The monoisotopic (exact) mass is 301 g/mol. The van der Waals surface area contributed by atoms with E-state index in [1.165, 1.54) is 25.7 Å². The summed E-state index contributed by atoms with van der Waals surface area (Å²) in [5.74, 6) is 3.53. The average Bonchev–Trinajstić information content (AvgIpc) is 3.16. The van der Waals surface area contributed by atoms with Gasteiger partial charge in [0.15, 0.2) is 0 Å². The number of hydrogen-bond donors (Lipinski definition) is 1. The van der Waals surface area contributed by atoms with Crippen molar-refractivity contribution in [2.24, 2.45) is 17.8 Å². The quantitative estimate of drug-likeness (QED) is 0.872. The number of fused-ring (bicyclic) bond motifs is 2. The number of carbonyl (C=O) groups excluding carboxylic acids is 1. The molecule has 1 N–H and O–H groups in total. The van der Waals surface area contributed by atoms with Gasteiger partial charge in [-0.15, -0.1) is 0 Å². The summed E-state index contributed by atoms with van der Waals surface area (Å²) in [6.07, 6.45) is 6.77. The highest BCUT2D eigenvalue weighted by molar-refractivity contribution is 5.76. The van der Waals surface area contributed by atoms with Gasteiger partial charge in [-0.3, -0.25) is 4.79 Å². The van der Waals surface area contributed by atoms with Gasteiger partial charge in [-0.1, -0.05) is 24.6 Å². The molecule has 1 amide bonds. The molecule has 0 radical (unpaired) electrons. The summed E-state index contributed by atoms with van der Waals surface area (Å²) in [7, 11) is 1.68. The first-order chi connectivity index (χ1) is 10.7. The van der Waals surface area contributed by atoms with E-state index in [4.69, 9.17) is 4.74 Å². The highest BCUT2D eigenvalue weighted by Gasteiger charge is 2.42. The Balaban J connectivity index is 1.48. The Morgan fingerprint density at radius 2 is 2.14 bits per heavy atom. The molecule has 3 heteroatoms. The number of rotatable bonds is 6. The number of aryl methyl sites for hydroxylation is 1. The Hall–Kier alpha value is -1.51. The van der Waals surface area contributed by atoms with Crippen LogP contribution < -0.4 is 10.1 Å². The lowest BCUT2D eigenvalue weighted by atomic mass is 9.84. The molecule has 2 aliphatic rings. The fourth-order valence-electron chi connectivity index (χ4n) is 4.50. The van der Waals surface area contributed by atoms with Crippen LogP contribution in [0.4, 0.5) is 0 Å². The number of ether oxygens (including phenoxy) is 1. The number of carbonyl (C=O) groups is 1. The van der Waals surface area contributed by atoms with Crippen LogP contribution >= 0.6 is 0 Å². The molecular formula is C19H27NO2. The zero-order valence-electron chi connectivity index (χ0n) is 13.7. The SMILES string of the molecule is COc1ccccc1CCC(=O)NC(C)C1CC2CCC1C2. The van der Waals surface area contributed by atoms with Crippen LogP contribution in [-0.2, 0) is 11.2 Å². The van der Waals surface area contributed by atoms with Crippen molar-refractivity contribution in [2.45, 2.75) is 51.5 Å². The Morgan fingerprint density at radius 3 is 2.82 bits per heavy atom. The molecule has 120 valence electrons. The van der Waals surface area contributed by atoms with Gasteiger partial charge in [0, 0.05) is 12.5 Å². The van der Waals surface area contributed by atoms with E-state index in [1.54, 1.807) is 7.11 Å². The van der Waals surface area contributed by atoms with Crippen LogP contribution in [0.25, 0.3) is 0 Å². The van der Waals surface area contributed by atoms with E-state index >= 15 is 0 Å². The lowest BCUT2D eigenvalue weighted by Gasteiger charge is -2.28. The van der Waals surface area contributed by atoms with Crippen molar-refractivity contribution in [1.29, 1.82) is 0 Å². The molecule has 22 heavy (non-hydrogen) atoms. The maximum Gasteiger partial charge on any atom is 0.220 e. The molecule has 1 aromatic rings. The Kier molecular flexibility index (Phi) is 4.70. The van der Waals surface area contributed by atoms with Gasteiger partial charge in [0.2, 0.25) is 5.91 Å². The number of benzene rings is 1. The molecule has 3 rings (SSSR count). The third kappa shape index (κ3) is 3.29. The van der Waals surface area contributed by atoms with E-state index in [0.29, 0.717) is 18.4 Å². The number of amides is 1. The molecule has 3 nitrogen and oxygen atoms in total. The maximum absolute atomic E-state index is 12.2. The minimum absolute atomic E-state index is 0.168. The molecule has 2 aliphatic carbocycles. The number of hydrogen-bond acceptors (Lipinski definition) is 2. The molecule has 2 bridgehead atoms. The van der Waals surface area contributed by atoms with Crippen LogP contribution in [-0.4, -0.2) is 19.1 Å².